The lowest BCUT2D eigenvalue weighted by Crippen LogP contribution is -2.12. The molecule has 0 saturated carbocycles. The summed E-state index contributed by atoms with van der Waals surface area (Å²) in [6, 6.07) is 0. The summed E-state index contributed by atoms with van der Waals surface area (Å²) < 4.78 is 14.1. The molecule has 1 radical (unpaired) electrons. The van der Waals surface area contributed by atoms with Gasteiger partial charge in [-0.05, 0) is 25.7 Å². The summed E-state index contributed by atoms with van der Waals surface area (Å²) in [4.78, 5) is 9.09. The van der Waals surface area contributed by atoms with E-state index in [1.54, 1.807) is 14.2 Å². The highest BCUT2D eigenvalue weighted by Gasteiger charge is 1.97. The number of thiocarbonyl (C=S) groups is 1. The van der Waals surface area contributed by atoms with Gasteiger partial charge in [0.05, 0.1) is 6.61 Å². The van der Waals surface area contributed by atoms with E-state index in [4.69, 9.17) is 19.4 Å². The summed E-state index contributed by atoms with van der Waals surface area (Å²) in [7, 11) is 2.43. The van der Waals surface area contributed by atoms with Gasteiger partial charge < -0.3 is 25.1 Å². The number of hydrogen-bond acceptors (Lipinski definition) is 5. The van der Waals surface area contributed by atoms with Crippen LogP contribution in [0.1, 0.15) is 6.92 Å². The summed E-state index contributed by atoms with van der Waals surface area (Å²) in [5.74, 6) is 0. The Bertz CT molecular complexity index is 178. The van der Waals surface area contributed by atoms with Gasteiger partial charge in [0.1, 0.15) is 0 Å². The number of hydrogen-bond donors (Lipinski definition) is 3. The van der Waals surface area contributed by atoms with Crippen LogP contribution in [0.3, 0.4) is 0 Å². The Morgan fingerprint density at radius 2 is 1.69 bits per heavy atom. The summed E-state index contributed by atoms with van der Waals surface area (Å²) in [6.45, 7) is 4.33. The van der Waals surface area contributed by atoms with Crippen molar-refractivity contribution in [2.24, 2.45) is 11.5 Å². The molecule has 0 atom stereocenters. The third-order valence-electron chi connectivity index (χ3n) is 0.862. The zero-order valence-corrected chi connectivity index (χ0v) is 12.6. The van der Waals surface area contributed by atoms with Crippen LogP contribution < -0.4 is 11.5 Å². The van der Waals surface area contributed by atoms with Crippen LogP contribution in [0, 0.1) is 0 Å². The number of amides is 1. The van der Waals surface area contributed by atoms with Gasteiger partial charge in [0, 0.05) is 14.2 Å². The Balaban J connectivity index is -0.000000162. The van der Waals surface area contributed by atoms with Gasteiger partial charge in [-0.25, -0.2) is 0 Å². The van der Waals surface area contributed by atoms with Gasteiger partial charge in [0.25, 0.3) is 10.4 Å². The molecule has 0 bridgehead atoms. The lowest BCUT2D eigenvalue weighted by atomic mass is 10.9. The second-order valence-electron chi connectivity index (χ2n) is 1.99. The molecule has 0 unspecified atom stereocenters. The highest BCUT2D eigenvalue weighted by Crippen LogP contribution is 1.77. The Morgan fingerprint density at radius 1 is 1.38 bits per heavy atom. The third kappa shape index (κ3) is 49.4. The van der Waals surface area contributed by atoms with Gasteiger partial charge in [-0.3, -0.25) is 4.79 Å². The van der Waals surface area contributed by atoms with Crippen molar-refractivity contribution < 1.29 is 18.4 Å². The van der Waals surface area contributed by atoms with Crippen LogP contribution in [0.15, 0.2) is 0 Å². The van der Waals surface area contributed by atoms with Gasteiger partial charge in [0.2, 0.25) is 0 Å². The minimum atomic E-state index is -0.868. The summed E-state index contributed by atoms with van der Waals surface area (Å²) in [5, 5.41) is -0.516. The Hall–Kier alpha value is -0.353. The molecule has 0 saturated heterocycles. The fourth-order valence-corrected chi connectivity index (χ4v) is 0.510. The normalized spacial score (nSPS) is 8.12. The van der Waals surface area contributed by atoms with Crippen molar-refractivity contribution >= 4 is 44.5 Å². The van der Waals surface area contributed by atoms with Crippen molar-refractivity contribution in [3.8, 4) is 0 Å². The number of ether oxygens (including phenoxy) is 1. The van der Waals surface area contributed by atoms with Gasteiger partial charge in [0.15, 0.2) is 0 Å². The fourth-order valence-electron chi connectivity index (χ4n) is 0.226. The SMILES string of the molecule is CCOC(N)=S.CO[Si](C)OC.NC(=O)S. The molecule has 9 heteroatoms. The highest BCUT2D eigenvalue weighted by molar-refractivity contribution is 7.96. The number of primary amides is 1. The molecule has 0 fully saturated rings. The first kappa shape index (κ1) is 21.0. The standard InChI is InChI=1S/C3H7NOS.C3H9O2Si.CH3NOS/c1-2-5-3(4)6;1-4-6(3)5-2;2-1(3)4/h2H2,1H3,(H2,4,6);1-3H3;(H3,2,3,4). The van der Waals surface area contributed by atoms with E-state index in [1.165, 1.54) is 0 Å². The van der Waals surface area contributed by atoms with Crippen molar-refractivity contribution in [1.29, 1.82) is 0 Å². The van der Waals surface area contributed by atoms with Crippen LogP contribution in [0.4, 0.5) is 4.79 Å². The first-order valence-corrected chi connectivity index (χ1v) is 6.81. The van der Waals surface area contributed by atoms with Crippen molar-refractivity contribution in [1.82, 2.24) is 0 Å². The van der Waals surface area contributed by atoms with Crippen LogP contribution in [-0.4, -0.2) is 40.5 Å². The van der Waals surface area contributed by atoms with E-state index < -0.39 is 14.5 Å². The fraction of sp³-hybridized carbons (Fsp3) is 0.714. The average Bonchev–Trinajstić information content (AvgIpc) is 2.16. The van der Waals surface area contributed by atoms with Crippen molar-refractivity contribution in [2.45, 2.75) is 13.5 Å². The van der Waals surface area contributed by atoms with Crippen molar-refractivity contribution in [2.75, 3.05) is 20.8 Å². The molecule has 0 rings (SSSR count). The average molecular weight is 287 g/mol. The molecular weight excluding hydrogens is 268 g/mol. The molecule has 97 valence electrons. The van der Waals surface area contributed by atoms with Crippen LogP contribution in [0.25, 0.3) is 0 Å². The first-order valence-electron chi connectivity index (χ1n) is 4.13. The topological polar surface area (TPSA) is 96.8 Å². The molecule has 4 N–H and O–H groups in total. The quantitative estimate of drug-likeness (QED) is 0.401. The van der Waals surface area contributed by atoms with Gasteiger partial charge in [-0.2, -0.15) is 0 Å². The number of rotatable bonds is 3. The molecule has 0 spiro atoms. The molecular formula is C7H19N2O4S2Si. The van der Waals surface area contributed by atoms with Crippen molar-refractivity contribution in [3.05, 3.63) is 0 Å². The Kier molecular flexibility index (Phi) is 22.4. The molecule has 16 heavy (non-hydrogen) atoms. The summed E-state index contributed by atoms with van der Waals surface area (Å²) in [6.07, 6.45) is 0. The van der Waals surface area contributed by atoms with E-state index in [0.717, 1.165) is 0 Å². The molecule has 1 amide bonds. The maximum Gasteiger partial charge on any atom is 0.380 e. The van der Waals surface area contributed by atoms with E-state index in [2.05, 4.69) is 35.3 Å². The van der Waals surface area contributed by atoms with E-state index in [-0.39, 0.29) is 5.17 Å². The molecule has 0 aliphatic rings. The third-order valence-corrected chi connectivity index (χ3v) is 2.13. The lowest BCUT2D eigenvalue weighted by Gasteiger charge is -1.98. The summed E-state index contributed by atoms with van der Waals surface area (Å²) >= 11 is 7.46. The van der Waals surface area contributed by atoms with E-state index in [0.29, 0.717) is 6.61 Å². The van der Waals surface area contributed by atoms with Gasteiger partial charge in [-0.15, -0.1) is 0 Å². The second-order valence-corrected chi connectivity index (χ2v) is 4.63. The molecule has 0 heterocycles. The van der Waals surface area contributed by atoms with Crippen LogP contribution >= 0.6 is 24.8 Å². The minimum Gasteiger partial charge on any atom is -0.472 e. The molecule has 6 nitrogen and oxygen atoms in total. The maximum absolute atomic E-state index is 9.09. The predicted molar refractivity (Wildman–Crippen MR) is 72.6 cm³/mol. The molecule has 0 aliphatic heterocycles. The van der Waals surface area contributed by atoms with Crippen LogP contribution in [0.5, 0.6) is 0 Å². The van der Waals surface area contributed by atoms with E-state index >= 15 is 0 Å². The maximum atomic E-state index is 9.09. The van der Waals surface area contributed by atoms with Crippen molar-refractivity contribution in [3.63, 3.8) is 0 Å². The highest BCUT2D eigenvalue weighted by atomic mass is 32.1. The number of carbonyl (C=O) groups excluding carboxylic acids is 1. The number of thiol groups is 1. The van der Waals surface area contributed by atoms with Crippen LogP contribution in [-0.2, 0) is 13.6 Å². The van der Waals surface area contributed by atoms with Gasteiger partial charge in [-0.1, -0.05) is 12.6 Å². The Morgan fingerprint density at radius 3 is 1.69 bits per heavy atom. The predicted octanol–water partition coefficient (Wildman–Crippen LogP) is 0.659. The molecule has 0 aliphatic carbocycles. The molecule has 0 aromatic rings. The Labute approximate surface area is 109 Å². The minimum absolute atomic E-state index is 0.123. The zero-order valence-electron chi connectivity index (χ0n) is 9.85. The van der Waals surface area contributed by atoms with E-state index in [9.17, 15) is 0 Å². The largest absolute Gasteiger partial charge is 0.472 e. The number of carbonyl (C=O) groups is 1. The number of nitrogens with two attached hydrogens (primary N) is 2. The second kappa shape index (κ2) is 17.1. The smallest absolute Gasteiger partial charge is 0.380 e. The van der Waals surface area contributed by atoms with E-state index in [1.807, 2.05) is 13.5 Å². The lowest BCUT2D eigenvalue weighted by molar-refractivity contribution is 0.267. The monoisotopic (exact) mass is 287 g/mol. The first-order chi connectivity index (χ1) is 7.31. The summed E-state index contributed by atoms with van der Waals surface area (Å²) in [5.41, 5.74) is 9.25. The van der Waals surface area contributed by atoms with Crippen LogP contribution in [0.2, 0.25) is 6.55 Å². The zero-order chi connectivity index (χ0) is 13.6. The molecule has 0 aromatic carbocycles. The molecule has 0 aromatic heterocycles. The van der Waals surface area contributed by atoms with Gasteiger partial charge >= 0.3 is 9.28 Å².